The zero-order chi connectivity index (χ0) is 9.71. The molecule has 0 spiro atoms. The Morgan fingerprint density at radius 1 is 1.36 bits per heavy atom. The quantitative estimate of drug-likeness (QED) is 0.654. The van der Waals surface area contributed by atoms with E-state index in [1.807, 2.05) is 6.92 Å². The van der Waals surface area contributed by atoms with Crippen LogP contribution in [-0.2, 0) is 24.5 Å². The summed E-state index contributed by atoms with van der Waals surface area (Å²) in [5.74, 6) is -0.0576. The Balaban J connectivity index is 2.29. The van der Waals surface area contributed by atoms with Gasteiger partial charge in [-0.2, -0.15) is 0 Å². The van der Waals surface area contributed by atoms with Crippen LogP contribution >= 0.6 is 0 Å². The van der Waals surface area contributed by atoms with Gasteiger partial charge in [0.2, 0.25) is 0 Å². The van der Waals surface area contributed by atoms with Gasteiger partial charge in [0.1, 0.15) is 5.69 Å². The molecule has 14 heavy (non-hydrogen) atoms. The van der Waals surface area contributed by atoms with E-state index in [0.717, 1.165) is 11.3 Å². The molecular weight excluding hydrogens is 180 g/mol. The van der Waals surface area contributed by atoms with Gasteiger partial charge in [0.25, 0.3) is 5.91 Å². The van der Waals surface area contributed by atoms with E-state index < -0.39 is 0 Å². The van der Waals surface area contributed by atoms with Crippen molar-refractivity contribution in [3.8, 4) is 0 Å². The molecule has 4 heteroatoms. The maximum Gasteiger partial charge on any atom is 0.270 e. The average molecular weight is 190 g/mol. The number of nitrogens with one attached hydrogen (secondary N) is 1. The van der Waals surface area contributed by atoms with Crippen LogP contribution in [-0.4, -0.2) is 10.9 Å². The number of hydrogen-bond acceptors (Lipinski definition) is 3. The molecule has 0 bridgehead atoms. The lowest BCUT2D eigenvalue weighted by Gasteiger charge is -2.05. The predicted octanol–water partition coefficient (Wildman–Crippen LogP) is 0.664. The molecule has 1 aromatic heterocycles. The summed E-state index contributed by atoms with van der Waals surface area (Å²) in [4.78, 5) is 15.7. The van der Waals surface area contributed by atoms with E-state index in [2.05, 4.69) is 10.3 Å². The lowest BCUT2D eigenvalue weighted by atomic mass is 10.0. The van der Waals surface area contributed by atoms with Crippen LogP contribution in [0.15, 0.2) is 0 Å². The fourth-order valence-electron chi connectivity index (χ4n) is 2.06. The van der Waals surface area contributed by atoms with E-state index in [1.54, 1.807) is 0 Å². The van der Waals surface area contributed by atoms with E-state index in [4.69, 9.17) is 4.74 Å². The second-order valence-electron chi connectivity index (χ2n) is 3.66. The van der Waals surface area contributed by atoms with Gasteiger partial charge >= 0.3 is 0 Å². The normalized spacial score (nSPS) is 17.9. The second kappa shape index (κ2) is 2.54. The van der Waals surface area contributed by atoms with Gasteiger partial charge in [-0.25, -0.2) is 4.98 Å². The van der Waals surface area contributed by atoms with Crippen LogP contribution in [0.1, 0.15) is 32.9 Å². The van der Waals surface area contributed by atoms with E-state index in [-0.39, 0.29) is 5.91 Å². The Labute approximate surface area is 81.3 Å². The number of carbonyl (C=O) groups is 1. The number of carbonyl (C=O) groups excluding carboxylic acids is 1. The Morgan fingerprint density at radius 2 is 2.21 bits per heavy atom. The van der Waals surface area contributed by atoms with Gasteiger partial charge in [0.05, 0.1) is 18.9 Å². The third-order valence-corrected chi connectivity index (χ3v) is 2.91. The first-order chi connectivity index (χ1) is 6.77. The Morgan fingerprint density at radius 3 is 3.07 bits per heavy atom. The number of ether oxygens (including phenoxy) is 1. The molecule has 2 aliphatic heterocycles. The molecule has 0 radical (unpaired) electrons. The molecule has 0 unspecified atom stereocenters. The van der Waals surface area contributed by atoms with Crippen molar-refractivity contribution < 1.29 is 9.53 Å². The molecule has 1 amide bonds. The topological polar surface area (TPSA) is 51.2 Å². The van der Waals surface area contributed by atoms with Gasteiger partial charge in [0.15, 0.2) is 0 Å². The van der Waals surface area contributed by atoms with Gasteiger partial charge in [-0.15, -0.1) is 0 Å². The van der Waals surface area contributed by atoms with Gasteiger partial charge in [-0.3, -0.25) is 4.79 Å². The molecule has 72 valence electrons. The van der Waals surface area contributed by atoms with E-state index in [9.17, 15) is 4.79 Å². The molecule has 0 aliphatic carbocycles. The summed E-state index contributed by atoms with van der Waals surface area (Å²) in [7, 11) is 0. The Hall–Kier alpha value is -1.42. The van der Waals surface area contributed by atoms with Crippen molar-refractivity contribution in [2.45, 2.75) is 26.7 Å². The minimum absolute atomic E-state index is 0.0576. The van der Waals surface area contributed by atoms with Crippen molar-refractivity contribution in [3.63, 3.8) is 0 Å². The number of nitrogens with zero attached hydrogens (tertiary/aromatic N) is 1. The van der Waals surface area contributed by atoms with Crippen LogP contribution < -0.4 is 5.32 Å². The highest BCUT2D eigenvalue weighted by Gasteiger charge is 2.27. The molecule has 3 rings (SSSR count). The standard InChI is InChI=1S/C10H10N2O2/c1-5-6-2-11-10(13)9(6)12-8-4-14-3-7(5)8/h2-4H2,1H3,(H,11,13). The van der Waals surface area contributed by atoms with Crippen molar-refractivity contribution in [2.75, 3.05) is 0 Å². The van der Waals surface area contributed by atoms with Crippen LogP contribution in [0.25, 0.3) is 0 Å². The predicted molar refractivity (Wildman–Crippen MR) is 48.6 cm³/mol. The maximum atomic E-state index is 11.4. The Kier molecular flexibility index (Phi) is 1.44. The molecule has 0 saturated carbocycles. The maximum absolute atomic E-state index is 11.4. The number of amides is 1. The molecular formula is C10H10N2O2. The zero-order valence-electron chi connectivity index (χ0n) is 7.89. The number of aromatic nitrogens is 1. The minimum atomic E-state index is -0.0576. The molecule has 3 heterocycles. The first-order valence-electron chi connectivity index (χ1n) is 4.64. The molecule has 0 atom stereocenters. The van der Waals surface area contributed by atoms with Gasteiger partial charge in [-0.1, -0.05) is 0 Å². The summed E-state index contributed by atoms with van der Waals surface area (Å²) in [5, 5.41) is 2.79. The summed E-state index contributed by atoms with van der Waals surface area (Å²) in [6, 6.07) is 0. The molecule has 1 aromatic rings. The first-order valence-corrected chi connectivity index (χ1v) is 4.64. The van der Waals surface area contributed by atoms with E-state index >= 15 is 0 Å². The average Bonchev–Trinajstić information content (AvgIpc) is 2.75. The summed E-state index contributed by atoms with van der Waals surface area (Å²) < 4.78 is 5.32. The third kappa shape index (κ3) is 0.861. The minimum Gasteiger partial charge on any atom is -0.370 e. The molecule has 0 aromatic carbocycles. The molecule has 0 fully saturated rings. The molecule has 0 saturated heterocycles. The first kappa shape index (κ1) is 7.94. The number of hydrogen-bond donors (Lipinski definition) is 1. The summed E-state index contributed by atoms with van der Waals surface area (Å²) in [5.41, 5.74) is 4.89. The van der Waals surface area contributed by atoms with Crippen LogP contribution in [0, 0.1) is 6.92 Å². The number of fused-ring (bicyclic) bond motifs is 2. The van der Waals surface area contributed by atoms with Gasteiger partial charge in [-0.05, 0) is 12.5 Å². The summed E-state index contributed by atoms with van der Waals surface area (Å²) in [6.45, 7) is 3.82. The van der Waals surface area contributed by atoms with E-state index in [0.29, 0.717) is 25.5 Å². The highest BCUT2D eigenvalue weighted by atomic mass is 16.5. The SMILES string of the molecule is Cc1c2c(nc3c1CNC3=O)COC2. The highest BCUT2D eigenvalue weighted by molar-refractivity contribution is 5.97. The van der Waals surface area contributed by atoms with Crippen molar-refractivity contribution >= 4 is 5.91 Å². The number of rotatable bonds is 0. The van der Waals surface area contributed by atoms with Crippen molar-refractivity contribution in [1.29, 1.82) is 0 Å². The van der Waals surface area contributed by atoms with Crippen molar-refractivity contribution in [1.82, 2.24) is 10.3 Å². The van der Waals surface area contributed by atoms with E-state index in [1.165, 1.54) is 11.1 Å². The molecule has 4 nitrogen and oxygen atoms in total. The second-order valence-corrected chi connectivity index (χ2v) is 3.66. The summed E-state index contributed by atoms with van der Waals surface area (Å²) in [6.07, 6.45) is 0. The highest BCUT2D eigenvalue weighted by Crippen LogP contribution is 2.28. The molecule has 1 N–H and O–H groups in total. The van der Waals surface area contributed by atoms with Crippen LogP contribution in [0.5, 0.6) is 0 Å². The third-order valence-electron chi connectivity index (χ3n) is 2.91. The number of pyridine rings is 1. The lowest BCUT2D eigenvalue weighted by molar-refractivity contribution is 0.0960. The van der Waals surface area contributed by atoms with Gasteiger partial charge in [0, 0.05) is 17.7 Å². The van der Waals surface area contributed by atoms with Crippen LogP contribution in [0.2, 0.25) is 0 Å². The lowest BCUT2D eigenvalue weighted by Crippen LogP contribution is -2.13. The summed E-state index contributed by atoms with van der Waals surface area (Å²) >= 11 is 0. The van der Waals surface area contributed by atoms with Crippen molar-refractivity contribution in [2.24, 2.45) is 0 Å². The van der Waals surface area contributed by atoms with Gasteiger partial charge < -0.3 is 10.1 Å². The van der Waals surface area contributed by atoms with Crippen LogP contribution in [0.4, 0.5) is 0 Å². The fourth-order valence-corrected chi connectivity index (χ4v) is 2.06. The fraction of sp³-hybridized carbons (Fsp3) is 0.400. The van der Waals surface area contributed by atoms with Crippen molar-refractivity contribution in [3.05, 3.63) is 28.1 Å². The largest absolute Gasteiger partial charge is 0.370 e. The monoisotopic (exact) mass is 190 g/mol. The molecule has 2 aliphatic rings. The van der Waals surface area contributed by atoms with Crippen LogP contribution in [0.3, 0.4) is 0 Å². The zero-order valence-corrected chi connectivity index (χ0v) is 7.89. The smallest absolute Gasteiger partial charge is 0.270 e. The Bertz CT molecular complexity index is 440.